The lowest BCUT2D eigenvalue weighted by molar-refractivity contribution is -0.138. The largest absolute Gasteiger partial charge is 0.474 e. The predicted octanol–water partition coefficient (Wildman–Crippen LogP) is 2.79. The van der Waals surface area contributed by atoms with E-state index in [1.165, 1.54) is 25.5 Å². The molecule has 150 valence electrons. The molecule has 2 aliphatic rings. The summed E-state index contributed by atoms with van der Waals surface area (Å²) in [7, 11) is -3.30. The first-order valence-electron chi connectivity index (χ1n) is 9.89. The van der Waals surface area contributed by atoms with Gasteiger partial charge in [-0.1, -0.05) is 19.3 Å². The topological polar surface area (TPSA) is 88.6 Å². The number of piperidine rings is 1. The van der Waals surface area contributed by atoms with Crippen molar-refractivity contribution in [3.8, 4) is 5.88 Å². The predicted molar refractivity (Wildman–Crippen MR) is 104 cm³/mol. The van der Waals surface area contributed by atoms with Crippen LogP contribution in [-0.4, -0.2) is 49.2 Å². The van der Waals surface area contributed by atoms with Crippen molar-refractivity contribution in [1.82, 2.24) is 9.88 Å². The van der Waals surface area contributed by atoms with Gasteiger partial charge in [0.05, 0.1) is 17.6 Å². The van der Waals surface area contributed by atoms with Gasteiger partial charge in [-0.25, -0.2) is 13.4 Å². The number of ether oxygens (including phenoxy) is 1. The smallest absolute Gasteiger partial charge is 0.232 e. The van der Waals surface area contributed by atoms with Gasteiger partial charge >= 0.3 is 0 Å². The van der Waals surface area contributed by atoms with Crippen molar-refractivity contribution in [2.75, 3.05) is 23.6 Å². The van der Waals surface area contributed by atoms with Crippen LogP contribution in [0, 0.1) is 5.92 Å². The standard InChI is InChI=1S/C19H29N3O4S/c1-2-27(24,25)21-16-8-9-18(20-14-16)26-17-10-12-22(13-11-17)19(23)15-6-4-3-5-7-15/h8-9,14-15,17,21H,2-7,10-13H2,1H3. The Bertz CT molecular complexity index is 722. The molecule has 8 heteroatoms. The van der Waals surface area contributed by atoms with Crippen molar-refractivity contribution < 1.29 is 17.9 Å². The van der Waals surface area contributed by atoms with Crippen LogP contribution in [0.4, 0.5) is 5.69 Å². The van der Waals surface area contributed by atoms with Crippen LogP contribution < -0.4 is 9.46 Å². The van der Waals surface area contributed by atoms with Crippen molar-refractivity contribution in [1.29, 1.82) is 0 Å². The molecule has 27 heavy (non-hydrogen) atoms. The van der Waals surface area contributed by atoms with Gasteiger partial charge in [0.2, 0.25) is 21.8 Å². The van der Waals surface area contributed by atoms with Crippen molar-refractivity contribution >= 4 is 21.6 Å². The van der Waals surface area contributed by atoms with E-state index in [0.29, 0.717) is 17.5 Å². The number of amides is 1. The molecule has 1 aliphatic carbocycles. The summed E-state index contributed by atoms with van der Waals surface area (Å²) in [5, 5.41) is 0. The maximum atomic E-state index is 12.6. The average Bonchev–Trinajstić information content (AvgIpc) is 2.70. The summed E-state index contributed by atoms with van der Waals surface area (Å²) >= 11 is 0. The Labute approximate surface area is 161 Å². The molecule has 0 atom stereocenters. The van der Waals surface area contributed by atoms with Gasteiger partial charge in [0.15, 0.2) is 0 Å². The van der Waals surface area contributed by atoms with Gasteiger partial charge in [-0.05, 0) is 25.8 Å². The van der Waals surface area contributed by atoms with Gasteiger partial charge in [-0.15, -0.1) is 0 Å². The highest BCUT2D eigenvalue weighted by atomic mass is 32.2. The minimum Gasteiger partial charge on any atom is -0.474 e. The Kier molecular flexibility index (Phi) is 6.57. The summed E-state index contributed by atoms with van der Waals surface area (Å²) in [6.45, 7) is 3.04. The van der Waals surface area contributed by atoms with Crippen molar-refractivity contribution in [3.63, 3.8) is 0 Å². The third-order valence-electron chi connectivity index (χ3n) is 5.39. The monoisotopic (exact) mass is 395 g/mol. The molecule has 1 saturated carbocycles. The molecule has 0 unspecified atom stereocenters. The van der Waals surface area contributed by atoms with Crippen LogP contribution >= 0.6 is 0 Å². The number of hydrogen-bond acceptors (Lipinski definition) is 5. The molecule has 1 amide bonds. The molecule has 1 saturated heterocycles. The number of anilines is 1. The van der Waals surface area contributed by atoms with Crippen molar-refractivity contribution in [3.05, 3.63) is 18.3 Å². The minimum absolute atomic E-state index is 0.0173. The number of carbonyl (C=O) groups excluding carboxylic acids is 1. The normalized spacial score (nSPS) is 19.7. The fraction of sp³-hybridized carbons (Fsp3) is 0.684. The number of nitrogens with one attached hydrogen (secondary N) is 1. The molecule has 1 aromatic heterocycles. The maximum absolute atomic E-state index is 12.6. The van der Waals surface area contributed by atoms with Crippen LogP contribution in [0.25, 0.3) is 0 Å². The molecule has 0 spiro atoms. The first-order valence-corrected chi connectivity index (χ1v) is 11.5. The Hall–Kier alpha value is -1.83. The SMILES string of the molecule is CCS(=O)(=O)Nc1ccc(OC2CCN(C(=O)C3CCCCC3)CC2)nc1. The van der Waals surface area contributed by atoms with Gasteiger partial charge in [-0.2, -0.15) is 0 Å². The number of carbonyl (C=O) groups is 1. The molecular formula is C19H29N3O4S. The van der Waals surface area contributed by atoms with E-state index < -0.39 is 10.0 Å². The van der Waals surface area contributed by atoms with Crippen molar-refractivity contribution in [2.45, 2.75) is 58.0 Å². The second-order valence-corrected chi connectivity index (χ2v) is 9.38. The first-order chi connectivity index (χ1) is 13.0. The van der Waals surface area contributed by atoms with E-state index in [9.17, 15) is 13.2 Å². The van der Waals surface area contributed by atoms with Crippen LogP contribution in [0.1, 0.15) is 51.9 Å². The molecule has 3 rings (SSSR count). The molecule has 1 N–H and O–H groups in total. The zero-order valence-electron chi connectivity index (χ0n) is 15.9. The third-order valence-corrected chi connectivity index (χ3v) is 6.69. The lowest BCUT2D eigenvalue weighted by atomic mass is 9.88. The van der Waals surface area contributed by atoms with Crippen LogP contribution in [-0.2, 0) is 14.8 Å². The summed E-state index contributed by atoms with van der Waals surface area (Å²) in [6, 6.07) is 3.32. The molecule has 0 bridgehead atoms. The molecule has 1 aliphatic heterocycles. The zero-order chi connectivity index (χ0) is 19.3. The summed E-state index contributed by atoms with van der Waals surface area (Å²) in [5.41, 5.74) is 0.428. The van der Waals surface area contributed by atoms with Gasteiger partial charge in [0.1, 0.15) is 6.10 Å². The van der Waals surface area contributed by atoms with Gasteiger partial charge < -0.3 is 9.64 Å². The van der Waals surface area contributed by atoms with E-state index in [1.54, 1.807) is 19.1 Å². The minimum atomic E-state index is -3.30. The molecule has 2 heterocycles. The quantitative estimate of drug-likeness (QED) is 0.800. The van der Waals surface area contributed by atoms with E-state index >= 15 is 0 Å². The molecule has 2 fully saturated rings. The van der Waals surface area contributed by atoms with E-state index in [0.717, 1.165) is 38.8 Å². The molecular weight excluding hydrogens is 366 g/mol. The Morgan fingerprint density at radius 1 is 1.19 bits per heavy atom. The Morgan fingerprint density at radius 3 is 2.48 bits per heavy atom. The molecule has 0 radical (unpaired) electrons. The fourth-order valence-corrected chi connectivity index (χ4v) is 4.36. The van der Waals surface area contributed by atoms with Gasteiger partial charge in [0, 0.05) is 37.9 Å². The summed E-state index contributed by atoms with van der Waals surface area (Å²) in [5.74, 6) is 1.03. The van der Waals surface area contributed by atoms with Crippen molar-refractivity contribution in [2.24, 2.45) is 5.92 Å². The average molecular weight is 396 g/mol. The number of nitrogens with zero attached hydrogens (tertiary/aromatic N) is 2. The van der Waals surface area contributed by atoms with Crippen LogP contribution in [0.5, 0.6) is 5.88 Å². The van der Waals surface area contributed by atoms with E-state index in [2.05, 4.69) is 9.71 Å². The van der Waals surface area contributed by atoms with Crippen LogP contribution in [0.3, 0.4) is 0 Å². The Balaban J connectivity index is 1.47. The number of aromatic nitrogens is 1. The fourth-order valence-electron chi connectivity index (χ4n) is 3.73. The number of hydrogen-bond donors (Lipinski definition) is 1. The van der Waals surface area contributed by atoms with E-state index in [1.807, 2.05) is 4.90 Å². The molecule has 7 nitrogen and oxygen atoms in total. The summed E-state index contributed by atoms with van der Waals surface area (Å²) in [4.78, 5) is 18.8. The van der Waals surface area contributed by atoms with E-state index in [-0.39, 0.29) is 17.8 Å². The Morgan fingerprint density at radius 2 is 1.89 bits per heavy atom. The van der Waals surface area contributed by atoms with E-state index in [4.69, 9.17) is 4.74 Å². The number of pyridine rings is 1. The molecule has 0 aromatic carbocycles. The highest BCUT2D eigenvalue weighted by molar-refractivity contribution is 7.92. The van der Waals surface area contributed by atoms with Crippen LogP contribution in [0.15, 0.2) is 18.3 Å². The van der Waals surface area contributed by atoms with Gasteiger partial charge in [0.25, 0.3) is 0 Å². The maximum Gasteiger partial charge on any atom is 0.232 e. The third kappa shape index (κ3) is 5.57. The lowest BCUT2D eigenvalue weighted by Gasteiger charge is -2.35. The molecule has 1 aromatic rings. The second kappa shape index (κ2) is 8.91. The lowest BCUT2D eigenvalue weighted by Crippen LogP contribution is -2.44. The number of rotatable bonds is 6. The number of sulfonamides is 1. The summed E-state index contributed by atoms with van der Waals surface area (Å²) in [6.07, 6.45) is 8.76. The second-order valence-electron chi connectivity index (χ2n) is 7.37. The zero-order valence-corrected chi connectivity index (χ0v) is 16.7. The highest BCUT2D eigenvalue weighted by Gasteiger charge is 2.29. The number of likely N-dealkylation sites (tertiary alicyclic amines) is 1. The first kappa shape index (κ1) is 19.9. The summed E-state index contributed by atoms with van der Waals surface area (Å²) < 4.78 is 31.5. The van der Waals surface area contributed by atoms with Gasteiger partial charge in [-0.3, -0.25) is 9.52 Å². The van der Waals surface area contributed by atoms with Crippen LogP contribution in [0.2, 0.25) is 0 Å². The highest BCUT2D eigenvalue weighted by Crippen LogP contribution is 2.27.